The second-order valence-electron chi connectivity index (χ2n) is 17.1. The summed E-state index contributed by atoms with van der Waals surface area (Å²) in [6, 6.07) is 18.2. The Balaban J connectivity index is 5.76. The van der Waals surface area contributed by atoms with Crippen molar-refractivity contribution in [3.05, 3.63) is 0 Å². The molecule has 0 saturated carbocycles. The van der Waals surface area contributed by atoms with Gasteiger partial charge in [-0.25, -0.2) is 0 Å². The van der Waals surface area contributed by atoms with Gasteiger partial charge in [0.1, 0.15) is 0 Å². The van der Waals surface area contributed by atoms with E-state index in [-0.39, 0.29) is 0 Å². The second kappa shape index (κ2) is 21.6. The summed E-state index contributed by atoms with van der Waals surface area (Å²) in [7, 11) is -5.83. The molecule has 0 atom stereocenters. The normalized spacial score (nSPS) is 13.8. The van der Waals surface area contributed by atoms with E-state index >= 15 is 0 Å². The first-order valence-corrected chi connectivity index (χ1v) is 34.4. The van der Waals surface area contributed by atoms with Crippen LogP contribution >= 0.6 is 0 Å². The maximum atomic E-state index is 5.91. The Labute approximate surface area is 264 Å². The van der Waals surface area contributed by atoms with Crippen molar-refractivity contribution in [2.24, 2.45) is 22.9 Å². The smallest absolute Gasteiger partial charge is 0.0535 e. The van der Waals surface area contributed by atoms with Crippen LogP contribution in [0, 0.1) is 0 Å². The van der Waals surface area contributed by atoms with E-state index in [1.54, 1.807) is 24.2 Å². The van der Waals surface area contributed by atoms with Crippen molar-refractivity contribution in [1.29, 1.82) is 0 Å². The molecule has 0 aliphatic heterocycles. The van der Waals surface area contributed by atoms with E-state index in [9.17, 15) is 0 Å². The summed E-state index contributed by atoms with van der Waals surface area (Å²) in [4.78, 5) is 0. The molecule has 0 unspecified atom stereocenters. The zero-order valence-corrected chi connectivity index (χ0v) is 34.8. The van der Waals surface area contributed by atoms with Gasteiger partial charge < -0.3 is 22.9 Å². The van der Waals surface area contributed by atoms with Crippen molar-refractivity contribution in [3.63, 3.8) is 0 Å². The van der Waals surface area contributed by atoms with E-state index in [1.807, 2.05) is 0 Å². The molecule has 248 valence electrons. The number of nitrogens with two attached hydrogens (primary N) is 4. The van der Waals surface area contributed by atoms with Gasteiger partial charge in [-0.1, -0.05) is 151 Å². The lowest BCUT2D eigenvalue weighted by molar-refractivity contribution is 0.840. The van der Waals surface area contributed by atoms with Gasteiger partial charge in [0, 0.05) is 32.3 Å². The summed E-state index contributed by atoms with van der Waals surface area (Å²) in [6.45, 7) is 24.5. The molecule has 0 aromatic carbocycles. The van der Waals surface area contributed by atoms with Crippen molar-refractivity contribution < 1.29 is 0 Å². The lowest BCUT2D eigenvalue weighted by atomic mass is 10.5. The fourth-order valence-corrected chi connectivity index (χ4v) is 24.1. The van der Waals surface area contributed by atoms with Gasteiger partial charge in [0.05, 0.1) is 8.07 Å². The summed E-state index contributed by atoms with van der Waals surface area (Å²) >= 11 is 0. The first-order chi connectivity index (χ1) is 19.1. The first-order valence-electron chi connectivity index (χ1n) is 17.9. The van der Waals surface area contributed by atoms with E-state index in [2.05, 4.69) is 52.4 Å². The van der Waals surface area contributed by atoms with E-state index in [1.165, 1.54) is 99.7 Å². The van der Waals surface area contributed by atoms with Crippen LogP contribution in [0.1, 0.15) is 51.4 Å². The van der Waals surface area contributed by atoms with Crippen LogP contribution in [0.2, 0.25) is 125 Å². The van der Waals surface area contributed by atoms with Gasteiger partial charge in [-0.05, 0) is 51.9 Å². The molecule has 0 saturated heterocycles. The van der Waals surface area contributed by atoms with Gasteiger partial charge >= 0.3 is 0 Å². The fraction of sp³-hybridized carbons (Fsp3) is 1.00. The van der Waals surface area contributed by atoms with Gasteiger partial charge in [0.2, 0.25) is 0 Å². The topological polar surface area (TPSA) is 104 Å². The molecule has 0 aliphatic rings. The highest BCUT2D eigenvalue weighted by atomic mass is 28.3. The Kier molecular flexibility index (Phi) is 22.1. The van der Waals surface area contributed by atoms with Gasteiger partial charge in [-0.2, -0.15) is 0 Å². The van der Waals surface area contributed by atoms with E-state index < -0.39 is 40.4 Å². The van der Waals surface area contributed by atoms with Crippen LogP contribution < -0.4 is 22.9 Å². The summed E-state index contributed by atoms with van der Waals surface area (Å²) < 4.78 is 0. The molecule has 0 aromatic heterocycles. The minimum Gasteiger partial charge on any atom is -0.330 e. The maximum Gasteiger partial charge on any atom is 0.0535 e. The van der Waals surface area contributed by atoms with Crippen molar-refractivity contribution in [2.75, 3.05) is 26.2 Å². The molecule has 0 rings (SSSR count). The fourth-order valence-electron chi connectivity index (χ4n) is 7.34. The van der Waals surface area contributed by atoms with Crippen LogP contribution in [-0.2, 0) is 0 Å². The Morgan fingerprint density at radius 3 is 0.610 bits per heavy atom. The highest BCUT2D eigenvalue weighted by Gasteiger charge is 2.35. The van der Waals surface area contributed by atoms with E-state index in [0.29, 0.717) is 0 Å². The molecule has 0 radical (unpaired) electrons. The van der Waals surface area contributed by atoms with Gasteiger partial charge in [-0.3, -0.25) is 0 Å². The average Bonchev–Trinajstić information content (AvgIpc) is 2.88. The van der Waals surface area contributed by atoms with Gasteiger partial charge in [0.15, 0.2) is 0 Å². The van der Waals surface area contributed by atoms with Crippen molar-refractivity contribution in [3.8, 4) is 0 Å². The highest BCUT2D eigenvalue weighted by Crippen LogP contribution is 2.38. The minimum absolute atomic E-state index is 0.868. The Hall–Kier alpha value is 0.924. The van der Waals surface area contributed by atoms with Crippen LogP contribution in [0.5, 0.6) is 0 Å². The molecule has 0 bridgehead atoms. The maximum absolute atomic E-state index is 5.91. The monoisotopic (exact) mass is 661 g/mol. The summed E-state index contributed by atoms with van der Waals surface area (Å²) in [5.41, 5.74) is 23.7. The lowest BCUT2D eigenvalue weighted by Crippen LogP contribution is -2.37. The van der Waals surface area contributed by atoms with Gasteiger partial charge in [0.25, 0.3) is 0 Å². The number of hydrogen-bond donors (Lipinski definition) is 4. The quantitative estimate of drug-likeness (QED) is 0.0628. The van der Waals surface area contributed by atoms with E-state index in [0.717, 1.165) is 26.2 Å². The molecule has 9 heteroatoms. The molecule has 0 amide bonds. The molecule has 0 heterocycles. The largest absolute Gasteiger partial charge is 0.330 e. The van der Waals surface area contributed by atoms with Crippen LogP contribution in [0.25, 0.3) is 0 Å². The van der Waals surface area contributed by atoms with Crippen molar-refractivity contribution in [2.45, 2.75) is 176 Å². The third-order valence-electron chi connectivity index (χ3n) is 10.5. The predicted octanol–water partition coefficient (Wildman–Crippen LogP) is 9.22. The van der Waals surface area contributed by atoms with Gasteiger partial charge in [-0.15, -0.1) is 0 Å². The molecule has 0 aromatic rings. The Bertz CT molecular complexity index is 534. The van der Waals surface area contributed by atoms with Crippen LogP contribution in [-0.4, -0.2) is 66.5 Å². The Morgan fingerprint density at radius 2 is 0.439 bits per heavy atom. The van der Waals surface area contributed by atoms with Crippen LogP contribution in [0.3, 0.4) is 0 Å². The molecular formula is C32H80N4Si5. The number of hydrogen-bond acceptors (Lipinski definition) is 4. The second-order valence-corrected chi connectivity index (χ2v) is 43.5. The third-order valence-corrected chi connectivity index (χ3v) is 29.8. The predicted molar refractivity (Wildman–Crippen MR) is 207 cm³/mol. The number of rotatable bonds is 28. The first kappa shape index (κ1) is 41.9. The van der Waals surface area contributed by atoms with Crippen molar-refractivity contribution in [1.82, 2.24) is 0 Å². The van der Waals surface area contributed by atoms with E-state index in [4.69, 9.17) is 22.9 Å². The summed E-state index contributed by atoms with van der Waals surface area (Å²) in [6.07, 6.45) is 10.9. The molecule has 8 N–H and O–H groups in total. The zero-order valence-electron chi connectivity index (χ0n) is 29.8. The minimum atomic E-state index is -1.33. The molecule has 0 aliphatic carbocycles. The van der Waals surface area contributed by atoms with Crippen LogP contribution in [0.15, 0.2) is 0 Å². The third kappa shape index (κ3) is 22.1. The average molecular weight is 661 g/mol. The molecule has 4 nitrogen and oxygen atoms in total. The molecule has 0 spiro atoms. The molecular weight excluding hydrogens is 581 g/mol. The SMILES string of the molecule is C[Si](C)(CCCN)CCC[Si](CCC[Si](C)(C)CCCN)(CCC[Si](C)(C)CCCN)CCC[Si](C)(C)CCCN. The summed E-state index contributed by atoms with van der Waals surface area (Å²) in [5.74, 6) is 0. The highest BCUT2D eigenvalue weighted by molar-refractivity contribution is 6.82. The lowest BCUT2D eigenvalue weighted by Gasteiger charge is -2.36. The molecule has 41 heavy (non-hydrogen) atoms. The standard InChI is InChI=1S/C32H80N4Si5/c1-37(2,21-9-17-33)25-13-29-41(30-14-26-38(3,4)22-10-18-34,31-15-27-39(5,6)23-11-19-35)32-16-28-40(7,8)24-12-20-36/h9-36H2,1-8H3. The van der Waals surface area contributed by atoms with Crippen LogP contribution in [0.4, 0.5) is 0 Å². The summed E-state index contributed by atoms with van der Waals surface area (Å²) in [5, 5.41) is 0. The zero-order chi connectivity index (χ0) is 31.5. The Morgan fingerprint density at radius 1 is 0.268 bits per heavy atom. The molecule has 0 fully saturated rings. The van der Waals surface area contributed by atoms with Crippen molar-refractivity contribution >= 4 is 40.4 Å².